The van der Waals surface area contributed by atoms with Crippen LogP contribution >= 0.6 is 0 Å². The first-order chi connectivity index (χ1) is 10.1. The smallest absolute Gasteiger partial charge is 0.225 e. The molecule has 0 bridgehead atoms. The SMILES string of the molecule is CO[C@H]1CN(C(C)C)[C@H]1C1CCN(C(=O)C2CCC2)CC1. The van der Waals surface area contributed by atoms with Gasteiger partial charge in [0.15, 0.2) is 0 Å². The molecule has 0 spiro atoms. The maximum atomic E-state index is 12.3. The summed E-state index contributed by atoms with van der Waals surface area (Å²) >= 11 is 0. The van der Waals surface area contributed by atoms with Crippen molar-refractivity contribution < 1.29 is 9.53 Å². The number of carbonyl (C=O) groups excluding carboxylic acids is 1. The Morgan fingerprint density at radius 1 is 1.14 bits per heavy atom. The van der Waals surface area contributed by atoms with Crippen LogP contribution in [-0.2, 0) is 9.53 Å². The number of ether oxygens (including phenoxy) is 1. The van der Waals surface area contributed by atoms with E-state index in [9.17, 15) is 4.79 Å². The van der Waals surface area contributed by atoms with Gasteiger partial charge in [0.25, 0.3) is 0 Å². The summed E-state index contributed by atoms with van der Waals surface area (Å²) < 4.78 is 5.65. The highest BCUT2D eigenvalue weighted by molar-refractivity contribution is 5.79. The third-order valence-electron chi connectivity index (χ3n) is 5.91. The number of carbonyl (C=O) groups is 1. The van der Waals surface area contributed by atoms with E-state index >= 15 is 0 Å². The summed E-state index contributed by atoms with van der Waals surface area (Å²) in [7, 11) is 1.84. The molecule has 3 rings (SSSR count). The molecule has 3 fully saturated rings. The second-order valence-electron chi connectivity index (χ2n) is 7.35. The van der Waals surface area contributed by atoms with Crippen molar-refractivity contribution in [1.29, 1.82) is 0 Å². The minimum absolute atomic E-state index is 0.351. The molecule has 120 valence electrons. The third kappa shape index (κ3) is 2.85. The zero-order valence-corrected chi connectivity index (χ0v) is 13.8. The van der Waals surface area contributed by atoms with Crippen LogP contribution in [0.4, 0.5) is 0 Å². The molecule has 0 unspecified atom stereocenters. The minimum atomic E-state index is 0.351. The van der Waals surface area contributed by atoms with Gasteiger partial charge in [-0.05, 0) is 45.4 Å². The van der Waals surface area contributed by atoms with E-state index < -0.39 is 0 Å². The Balaban J connectivity index is 1.53. The fourth-order valence-electron chi connectivity index (χ4n) is 4.23. The van der Waals surface area contributed by atoms with E-state index in [4.69, 9.17) is 4.74 Å². The average Bonchev–Trinajstić information content (AvgIpc) is 2.36. The molecule has 0 N–H and O–H groups in total. The van der Waals surface area contributed by atoms with Crippen LogP contribution in [0.15, 0.2) is 0 Å². The number of rotatable bonds is 4. The Morgan fingerprint density at radius 3 is 2.29 bits per heavy atom. The van der Waals surface area contributed by atoms with Crippen molar-refractivity contribution in [2.45, 2.75) is 64.1 Å². The molecule has 4 nitrogen and oxygen atoms in total. The average molecular weight is 294 g/mol. The Morgan fingerprint density at radius 2 is 1.81 bits per heavy atom. The highest BCUT2D eigenvalue weighted by Gasteiger charge is 2.46. The van der Waals surface area contributed by atoms with Gasteiger partial charge in [-0.15, -0.1) is 0 Å². The largest absolute Gasteiger partial charge is 0.378 e. The zero-order valence-electron chi connectivity index (χ0n) is 13.8. The minimum Gasteiger partial charge on any atom is -0.378 e. The standard InChI is InChI=1S/C17H30N2O2/c1-12(2)19-11-15(21-3)16(19)13-7-9-18(10-8-13)17(20)14-5-4-6-14/h12-16H,4-11H2,1-3H3/t15-,16-/m0/s1. The number of nitrogens with zero attached hydrogens (tertiary/aromatic N) is 2. The van der Waals surface area contributed by atoms with Gasteiger partial charge in [0, 0.05) is 44.7 Å². The van der Waals surface area contributed by atoms with Gasteiger partial charge in [0.1, 0.15) is 0 Å². The highest BCUT2D eigenvalue weighted by Crippen LogP contribution is 2.36. The first-order valence-corrected chi connectivity index (χ1v) is 8.69. The van der Waals surface area contributed by atoms with E-state index in [0.717, 1.165) is 45.3 Å². The molecule has 3 aliphatic rings. The molecule has 1 aliphatic carbocycles. The zero-order chi connectivity index (χ0) is 15.0. The molecule has 2 atom stereocenters. The van der Waals surface area contributed by atoms with Crippen molar-refractivity contribution >= 4 is 5.91 Å². The predicted octanol–water partition coefficient (Wildman–Crippen LogP) is 2.13. The fourth-order valence-corrected chi connectivity index (χ4v) is 4.23. The summed E-state index contributed by atoms with van der Waals surface area (Å²) in [5.74, 6) is 1.47. The van der Waals surface area contributed by atoms with Gasteiger partial charge >= 0.3 is 0 Å². The number of amides is 1. The van der Waals surface area contributed by atoms with Crippen LogP contribution in [0.3, 0.4) is 0 Å². The molecule has 0 aromatic rings. The van der Waals surface area contributed by atoms with Crippen LogP contribution < -0.4 is 0 Å². The molecule has 0 aromatic heterocycles. The summed E-state index contributed by atoms with van der Waals surface area (Å²) in [6.45, 7) is 7.53. The van der Waals surface area contributed by atoms with Gasteiger partial charge in [-0.3, -0.25) is 9.69 Å². The van der Waals surface area contributed by atoms with Gasteiger partial charge in [-0.2, -0.15) is 0 Å². The molecule has 4 heteroatoms. The number of hydrogen-bond donors (Lipinski definition) is 0. The van der Waals surface area contributed by atoms with Gasteiger partial charge in [-0.25, -0.2) is 0 Å². The Hall–Kier alpha value is -0.610. The van der Waals surface area contributed by atoms with Crippen molar-refractivity contribution in [2.75, 3.05) is 26.7 Å². The molecule has 2 heterocycles. The Labute approximate surface area is 128 Å². The van der Waals surface area contributed by atoms with E-state index in [2.05, 4.69) is 23.6 Å². The van der Waals surface area contributed by atoms with Crippen molar-refractivity contribution in [3.05, 3.63) is 0 Å². The second kappa shape index (κ2) is 6.25. The number of piperidine rings is 1. The van der Waals surface area contributed by atoms with E-state index in [1.807, 2.05) is 7.11 Å². The monoisotopic (exact) mass is 294 g/mol. The van der Waals surface area contributed by atoms with Crippen molar-refractivity contribution in [3.63, 3.8) is 0 Å². The van der Waals surface area contributed by atoms with Crippen molar-refractivity contribution in [3.8, 4) is 0 Å². The molecule has 0 radical (unpaired) electrons. The number of methoxy groups -OCH3 is 1. The van der Waals surface area contributed by atoms with Gasteiger partial charge in [0.2, 0.25) is 5.91 Å². The fraction of sp³-hybridized carbons (Fsp3) is 0.941. The van der Waals surface area contributed by atoms with Crippen LogP contribution in [0.1, 0.15) is 46.0 Å². The van der Waals surface area contributed by atoms with Crippen LogP contribution in [0.25, 0.3) is 0 Å². The van der Waals surface area contributed by atoms with Crippen molar-refractivity contribution in [1.82, 2.24) is 9.80 Å². The normalized spacial score (nSPS) is 32.1. The Bertz CT molecular complexity index is 373. The molecule has 1 amide bonds. The summed E-state index contributed by atoms with van der Waals surface area (Å²) in [4.78, 5) is 17.0. The lowest BCUT2D eigenvalue weighted by molar-refractivity contribution is -0.145. The molecular formula is C17H30N2O2. The van der Waals surface area contributed by atoms with E-state index in [-0.39, 0.29) is 0 Å². The molecular weight excluding hydrogens is 264 g/mol. The summed E-state index contributed by atoms with van der Waals surface area (Å²) in [5.41, 5.74) is 0. The summed E-state index contributed by atoms with van der Waals surface area (Å²) in [5, 5.41) is 0. The van der Waals surface area contributed by atoms with Crippen LogP contribution in [0.2, 0.25) is 0 Å². The first kappa shape index (κ1) is 15.3. The van der Waals surface area contributed by atoms with E-state index in [1.54, 1.807) is 0 Å². The highest BCUT2D eigenvalue weighted by atomic mass is 16.5. The van der Waals surface area contributed by atoms with Crippen LogP contribution in [0, 0.1) is 11.8 Å². The van der Waals surface area contributed by atoms with E-state index in [1.165, 1.54) is 6.42 Å². The third-order valence-corrected chi connectivity index (χ3v) is 5.91. The quantitative estimate of drug-likeness (QED) is 0.796. The number of hydrogen-bond acceptors (Lipinski definition) is 3. The first-order valence-electron chi connectivity index (χ1n) is 8.69. The molecule has 2 aliphatic heterocycles. The topological polar surface area (TPSA) is 32.8 Å². The van der Waals surface area contributed by atoms with Gasteiger partial charge < -0.3 is 9.64 Å². The van der Waals surface area contributed by atoms with Crippen LogP contribution in [-0.4, -0.2) is 60.6 Å². The summed E-state index contributed by atoms with van der Waals surface area (Å²) in [6, 6.07) is 1.16. The molecule has 1 saturated carbocycles. The van der Waals surface area contributed by atoms with Gasteiger partial charge in [-0.1, -0.05) is 6.42 Å². The maximum absolute atomic E-state index is 12.3. The van der Waals surface area contributed by atoms with E-state index in [0.29, 0.717) is 35.9 Å². The van der Waals surface area contributed by atoms with Crippen molar-refractivity contribution in [2.24, 2.45) is 11.8 Å². The Kier molecular flexibility index (Phi) is 4.55. The molecule has 0 aromatic carbocycles. The lowest BCUT2D eigenvalue weighted by Gasteiger charge is -2.54. The summed E-state index contributed by atoms with van der Waals surface area (Å²) in [6.07, 6.45) is 6.17. The lowest BCUT2D eigenvalue weighted by atomic mass is 9.78. The maximum Gasteiger partial charge on any atom is 0.225 e. The molecule has 21 heavy (non-hydrogen) atoms. The number of likely N-dealkylation sites (tertiary alicyclic amines) is 2. The second-order valence-corrected chi connectivity index (χ2v) is 7.35. The molecule has 2 saturated heterocycles. The lowest BCUT2D eigenvalue weighted by Crippen LogP contribution is -2.66. The predicted molar refractivity (Wildman–Crippen MR) is 83.1 cm³/mol. The van der Waals surface area contributed by atoms with Gasteiger partial charge in [0.05, 0.1) is 6.10 Å². The van der Waals surface area contributed by atoms with Crippen LogP contribution in [0.5, 0.6) is 0 Å².